The summed E-state index contributed by atoms with van der Waals surface area (Å²) in [5.41, 5.74) is 0.857. The van der Waals surface area contributed by atoms with Crippen LogP contribution in [0.5, 0.6) is 0 Å². The first-order valence-electron chi connectivity index (χ1n) is 11.6. The molecule has 1 aliphatic carbocycles. The summed E-state index contributed by atoms with van der Waals surface area (Å²) in [6, 6.07) is 5.86. The predicted molar refractivity (Wildman–Crippen MR) is 136 cm³/mol. The molecule has 2 saturated heterocycles. The lowest BCUT2D eigenvalue weighted by Gasteiger charge is -2.33. The topological polar surface area (TPSA) is 67.2 Å². The molecule has 3 fully saturated rings. The molecule has 33 heavy (non-hydrogen) atoms. The SMILES string of the molecule is CN(c1nc2ccccn2c(=O)c1/C=C1/SC(=S)N(C[C@@H]2CCCO2)C1=O)C1CCCCC1. The summed E-state index contributed by atoms with van der Waals surface area (Å²) in [4.78, 5) is 35.8. The van der Waals surface area contributed by atoms with E-state index in [0.717, 1.165) is 32.3 Å². The number of hydrogen-bond acceptors (Lipinski definition) is 7. The minimum atomic E-state index is -0.178. The summed E-state index contributed by atoms with van der Waals surface area (Å²) in [6.45, 7) is 1.19. The van der Waals surface area contributed by atoms with Crippen LogP contribution < -0.4 is 10.5 Å². The Morgan fingerprint density at radius 2 is 2.03 bits per heavy atom. The number of ether oxygens (including phenoxy) is 1. The zero-order valence-electron chi connectivity index (χ0n) is 18.7. The number of nitrogens with zero attached hydrogens (tertiary/aromatic N) is 4. The van der Waals surface area contributed by atoms with Gasteiger partial charge in [0.15, 0.2) is 0 Å². The molecule has 1 saturated carbocycles. The molecule has 1 atom stereocenters. The largest absolute Gasteiger partial charge is 0.376 e. The molecule has 5 rings (SSSR count). The number of thiocarbonyl (C=S) groups is 1. The lowest BCUT2D eigenvalue weighted by Crippen LogP contribution is -2.36. The van der Waals surface area contributed by atoms with Gasteiger partial charge in [-0.25, -0.2) is 4.98 Å². The van der Waals surface area contributed by atoms with Gasteiger partial charge >= 0.3 is 0 Å². The highest BCUT2D eigenvalue weighted by Gasteiger charge is 2.35. The molecule has 7 nitrogen and oxygen atoms in total. The molecule has 0 bridgehead atoms. The van der Waals surface area contributed by atoms with Crippen LogP contribution in [-0.4, -0.2) is 56.9 Å². The number of hydrogen-bond donors (Lipinski definition) is 0. The third-order valence-electron chi connectivity index (χ3n) is 6.76. The Bertz CT molecular complexity index is 1170. The van der Waals surface area contributed by atoms with Crippen LogP contribution in [0.15, 0.2) is 34.1 Å². The predicted octanol–water partition coefficient (Wildman–Crippen LogP) is 3.84. The van der Waals surface area contributed by atoms with Gasteiger partial charge in [-0.3, -0.25) is 18.9 Å². The summed E-state index contributed by atoms with van der Waals surface area (Å²) in [5, 5.41) is 0. The lowest BCUT2D eigenvalue weighted by atomic mass is 9.94. The van der Waals surface area contributed by atoms with Crippen LogP contribution in [0.4, 0.5) is 5.82 Å². The van der Waals surface area contributed by atoms with Gasteiger partial charge in [0, 0.05) is 25.9 Å². The number of pyridine rings is 1. The maximum atomic E-state index is 13.5. The second-order valence-electron chi connectivity index (χ2n) is 8.91. The van der Waals surface area contributed by atoms with Crippen molar-refractivity contribution in [3.63, 3.8) is 0 Å². The number of aromatic nitrogens is 2. The average Bonchev–Trinajstić information content (AvgIpc) is 3.45. The van der Waals surface area contributed by atoms with Crippen LogP contribution >= 0.6 is 24.0 Å². The molecular weight excluding hydrogens is 456 g/mol. The summed E-state index contributed by atoms with van der Waals surface area (Å²) >= 11 is 6.75. The molecule has 0 spiro atoms. The van der Waals surface area contributed by atoms with Crippen molar-refractivity contribution in [2.75, 3.05) is 25.1 Å². The molecular formula is C24H28N4O3S2. The fourth-order valence-corrected chi connectivity index (χ4v) is 6.16. The highest BCUT2D eigenvalue weighted by atomic mass is 32.2. The number of fused-ring (bicyclic) bond motifs is 1. The van der Waals surface area contributed by atoms with E-state index in [1.165, 1.54) is 35.4 Å². The van der Waals surface area contributed by atoms with Crippen molar-refractivity contribution in [2.24, 2.45) is 0 Å². The van der Waals surface area contributed by atoms with Crippen LogP contribution in [0.3, 0.4) is 0 Å². The van der Waals surface area contributed by atoms with Crippen LogP contribution in [0, 0.1) is 0 Å². The Morgan fingerprint density at radius 3 is 2.79 bits per heavy atom. The zero-order valence-corrected chi connectivity index (χ0v) is 20.4. The summed E-state index contributed by atoms with van der Waals surface area (Å²) in [5.74, 6) is 0.465. The molecule has 2 aliphatic heterocycles. The first-order valence-corrected chi connectivity index (χ1v) is 12.9. The fourth-order valence-electron chi connectivity index (χ4n) is 4.91. The molecule has 1 amide bonds. The van der Waals surface area contributed by atoms with Crippen molar-refractivity contribution in [2.45, 2.75) is 57.1 Å². The first-order chi connectivity index (χ1) is 16.0. The molecule has 0 unspecified atom stereocenters. The Morgan fingerprint density at radius 1 is 1.21 bits per heavy atom. The summed E-state index contributed by atoms with van der Waals surface area (Å²) < 4.78 is 7.75. The van der Waals surface area contributed by atoms with Gasteiger partial charge in [-0.15, -0.1) is 0 Å². The van der Waals surface area contributed by atoms with Crippen molar-refractivity contribution >= 4 is 51.7 Å². The van der Waals surface area contributed by atoms with E-state index in [1.54, 1.807) is 17.2 Å². The molecule has 174 valence electrons. The number of rotatable bonds is 5. The third kappa shape index (κ3) is 4.46. The number of amides is 1. The lowest BCUT2D eigenvalue weighted by molar-refractivity contribution is -0.123. The van der Waals surface area contributed by atoms with Crippen LogP contribution in [-0.2, 0) is 9.53 Å². The van der Waals surface area contributed by atoms with Gasteiger partial charge < -0.3 is 9.64 Å². The second kappa shape index (κ2) is 9.56. The molecule has 0 N–H and O–H groups in total. The van der Waals surface area contributed by atoms with Crippen LogP contribution in [0.1, 0.15) is 50.5 Å². The average molecular weight is 485 g/mol. The minimum Gasteiger partial charge on any atom is -0.376 e. The number of carbonyl (C=O) groups is 1. The maximum Gasteiger partial charge on any atom is 0.267 e. The van der Waals surface area contributed by atoms with Gasteiger partial charge in [0.05, 0.1) is 23.1 Å². The monoisotopic (exact) mass is 484 g/mol. The number of thioether (sulfide) groups is 1. The number of carbonyl (C=O) groups excluding carboxylic acids is 1. The van der Waals surface area contributed by atoms with E-state index >= 15 is 0 Å². The van der Waals surface area contributed by atoms with Gasteiger partial charge in [-0.1, -0.05) is 49.3 Å². The third-order valence-corrected chi connectivity index (χ3v) is 8.14. The standard InChI is InChI=1S/C24H28N4O3S2/c1-26(16-8-3-2-4-9-16)21-18(22(29)27-12-6-5-11-20(27)25-21)14-19-23(30)28(24(32)33-19)15-17-10-7-13-31-17/h5-6,11-12,14,16-17H,2-4,7-10,13,15H2,1H3/b19-14+/t17-/m0/s1. The van der Waals surface area contributed by atoms with Gasteiger partial charge in [-0.2, -0.15) is 0 Å². The van der Waals surface area contributed by atoms with E-state index in [0.29, 0.717) is 38.8 Å². The second-order valence-corrected chi connectivity index (χ2v) is 10.6. The minimum absolute atomic E-state index is 0.0211. The van der Waals surface area contributed by atoms with E-state index in [-0.39, 0.29) is 17.6 Å². The van der Waals surface area contributed by atoms with Crippen molar-refractivity contribution in [1.29, 1.82) is 0 Å². The molecule has 2 aromatic rings. The summed E-state index contributed by atoms with van der Waals surface area (Å²) in [7, 11) is 2.01. The molecule has 4 heterocycles. The fraction of sp³-hybridized carbons (Fsp3) is 0.500. The van der Waals surface area contributed by atoms with E-state index in [2.05, 4.69) is 4.90 Å². The van der Waals surface area contributed by atoms with E-state index in [4.69, 9.17) is 21.9 Å². The van der Waals surface area contributed by atoms with Crippen LogP contribution in [0.2, 0.25) is 0 Å². The van der Waals surface area contributed by atoms with Crippen molar-refractivity contribution in [3.8, 4) is 0 Å². The van der Waals surface area contributed by atoms with Gasteiger partial charge in [-0.05, 0) is 43.9 Å². The van der Waals surface area contributed by atoms with Gasteiger partial charge in [0.1, 0.15) is 15.8 Å². The van der Waals surface area contributed by atoms with E-state index < -0.39 is 0 Å². The quantitative estimate of drug-likeness (QED) is 0.472. The molecule has 3 aliphatic rings. The van der Waals surface area contributed by atoms with Gasteiger partial charge in [0.2, 0.25) is 0 Å². The Balaban J connectivity index is 1.54. The van der Waals surface area contributed by atoms with Crippen LogP contribution in [0.25, 0.3) is 11.7 Å². The normalized spacial score (nSPS) is 23.2. The molecule has 0 radical (unpaired) electrons. The maximum absolute atomic E-state index is 13.5. The first kappa shape index (κ1) is 22.6. The van der Waals surface area contributed by atoms with Crippen molar-refractivity contribution < 1.29 is 9.53 Å². The number of anilines is 1. The molecule has 9 heteroatoms. The smallest absolute Gasteiger partial charge is 0.267 e. The zero-order chi connectivity index (χ0) is 22.9. The molecule has 0 aromatic carbocycles. The van der Waals surface area contributed by atoms with E-state index in [9.17, 15) is 9.59 Å². The highest BCUT2D eigenvalue weighted by molar-refractivity contribution is 8.26. The molecule has 2 aromatic heterocycles. The highest BCUT2D eigenvalue weighted by Crippen LogP contribution is 2.35. The Hall–Kier alpha value is -2.23. The summed E-state index contributed by atoms with van der Waals surface area (Å²) in [6.07, 6.45) is 11.1. The van der Waals surface area contributed by atoms with Crippen molar-refractivity contribution in [1.82, 2.24) is 14.3 Å². The Kier molecular flexibility index (Phi) is 6.53. The van der Waals surface area contributed by atoms with Crippen molar-refractivity contribution in [3.05, 3.63) is 45.2 Å². The van der Waals surface area contributed by atoms with E-state index in [1.807, 2.05) is 25.2 Å². The Labute approximate surface area is 202 Å². The van der Waals surface area contributed by atoms with Gasteiger partial charge in [0.25, 0.3) is 11.5 Å².